The maximum Gasteiger partial charge on any atom is 0.324 e. The Balaban J connectivity index is 1.19. The molecule has 0 saturated carbocycles. The molecule has 0 unspecified atom stereocenters. The lowest BCUT2D eigenvalue weighted by Crippen LogP contribution is -2.47. The van der Waals surface area contributed by atoms with Crippen molar-refractivity contribution in [2.45, 2.75) is 26.2 Å². The van der Waals surface area contributed by atoms with Crippen LogP contribution >= 0.6 is 0 Å². The Hall–Kier alpha value is -5.01. The summed E-state index contributed by atoms with van der Waals surface area (Å²) in [6.07, 6.45) is 1.42. The van der Waals surface area contributed by atoms with Crippen LogP contribution in [0.25, 0.3) is 28.0 Å². The molecule has 5 aromatic rings. The van der Waals surface area contributed by atoms with Crippen LogP contribution in [0.4, 0.5) is 27.8 Å². The number of benzene rings is 2. The summed E-state index contributed by atoms with van der Waals surface area (Å²) < 4.78 is 7.06. The van der Waals surface area contributed by atoms with Gasteiger partial charge in [0.2, 0.25) is 0 Å². The van der Waals surface area contributed by atoms with Crippen molar-refractivity contribution >= 4 is 40.1 Å². The van der Waals surface area contributed by atoms with Crippen molar-refractivity contribution in [2.24, 2.45) is 0 Å². The number of aliphatic hydroxyl groups excluding tert-OH is 1. The quantitative estimate of drug-likeness (QED) is 0.215. The van der Waals surface area contributed by atoms with Crippen molar-refractivity contribution < 1.29 is 14.4 Å². The fraction of sp³-hybridized carbons (Fsp3) is 0.323. The second kappa shape index (κ2) is 11.9. The van der Waals surface area contributed by atoms with Crippen LogP contribution in [0.1, 0.15) is 26.5 Å². The number of amides is 2. The van der Waals surface area contributed by atoms with E-state index in [-0.39, 0.29) is 12.0 Å². The lowest BCUT2D eigenvalue weighted by molar-refractivity contribution is 0.189. The molecular weight excluding hydrogens is 560 g/mol. The predicted octanol–water partition coefficient (Wildman–Crippen LogP) is 4.11. The summed E-state index contributed by atoms with van der Waals surface area (Å²) in [5.41, 5.74) is 10.7. The van der Waals surface area contributed by atoms with Gasteiger partial charge >= 0.3 is 6.03 Å². The Kier molecular flexibility index (Phi) is 7.89. The summed E-state index contributed by atoms with van der Waals surface area (Å²) >= 11 is 0. The first-order valence-electron chi connectivity index (χ1n) is 14.5. The number of nitrogen functional groups attached to an aromatic ring is 1. The number of hydrogen-bond acceptors (Lipinski definition) is 10. The molecular formula is C31H36N10O3. The Labute approximate surface area is 254 Å². The summed E-state index contributed by atoms with van der Waals surface area (Å²) in [6.45, 7) is 10.6. The summed E-state index contributed by atoms with van der Waals surface area (Å²) in [6, 6.07) is 16.8. The van der Waals surface area contributed by atoms with Gasteiger partial charge in [0.15, 0.2) is 11.5 Å². The number of rotatable bonds is 7. The SMILES string of the molecule is CC(C)(C)c1cc(NC(=O)Nc2ccc(-n3nc(-c4ccc(N5CCN(CCO)CC5)cc4)c4c(N)ncnc43)cc2)no1. The standard InChI is InChI=1S/C31H36N10O3/c1-31(2,3)24-18-25(38-44-24)36-30(43)35-21-6-10-23(11-7-21)41-29-26(28(32)33-19-34-29)27(37-41)20-4-8-22(9-5-20)40-14-12-39(13-15-40)16-17-42/h4-11,18-19,42H,12-17H2,1-3H3,(H2,32,33,34)(H2,35,36,38,43). The van der Waals surface area contributed by atoms with Gasteiger partial charge < -0.3 is 25.6 Å². The Bertz CT molecular complexity index is 1750. The fourth-order valence-corrected chi connectivity index (χ4v) is 5.21. The number of anilines is 4. The number of urea groups is 1. The van der Waals surface area contributed by atoms with Gasteiger partial charge in [0, 0.05) is 61.1 Å². The summed E-state index contributed by atoms with van der Waals surface area (Å²) in [7, 11) is 0. The highest BCUT2D eigenvalue weighted by atomic mass is 16.5. The monoisotopic (exact) mass is 596 g/mol. The molecule has 13 heteroatoms. The molecule has 0 bridgehead atoms. The molecule has 228 valence electrons. The normalized spacial score (nSPS) is 14.2. The first kappa shape index (κ1) is 29.1. The Morgan fingerprint density at radius 1 is 0.977 bits per heavy atom. The third kappa shape index (κ3) is 6.05. The van der Waals surface area contributed by atoms with Crippen LogP contribution in [0, 0.1) is 0 Å². The van der Waals surface area contributed by atoms with E-state index in [1.165, 1.54) is 6.33 Å². The smallest absolute Gasteiger partial charge is 0.324 e. The van der Waals surface area contributed by atoms with Gasteiger partial charge in [-0.05, 0) is 36.4 Å². The third-order valence-corrected chi connectivity index (χ3v) is 7.65. The molecule has 3 aromatic heterocycles. The van der Waals surface area contributed by atoms with Gasteiger partial charge in [-0.25, -0.2) is 19.4 Å². The van der Waals surface area contributed by atoms with Crippen molar-refractivity contribution in [3.05, 3.63) is 66.7 Å². The van der Waals surface area contributed by atoms with E-state index in [1.54, 1.807) is 22.9 Å². The van der Waals surface area contributed by atoms with Gasteiger partial charge in [-0.2, -0.15) is 5.10 Å². The molecule has 1 saturated heterocycles. The number of carbonyl (C=O) groups is 1. The number of fused-ring (bicyclic) bond motifs is 1. The molecule has 5 N–H and O–H groups in total. The molecule has 4 heterocycles. The number of nitrogens with zero attached hydrogens (tertiary/aromatic N) is 7. The van der Waals surface area contributed by atoms with Crippen molar-refractivity contribution in [3.63, 3.8) is 0 Å². The van der Waals surface area contributed by atoms with Crippen molar-refractivity contribution in [3.8, 4) is 16.9 Å². The first-order valence-corrected chi connectivity index (χ1v) is 14.5. The van der Waals surface area contributed by atoms with Crippen molar-refractivity contribution in [2.75, 3.05) is 60.6 Å². The maximum atomic E-state index is 12.6. The number of hydrogen-bond donors (Lipinski definition) is 4. The first-order chi connectivity index (χ1) is 21.2. The number of nitrogens with one attached hydrogen (secondary N) is 2. The van der Waals surface area contributed by atoms with Gasteiger partial charge in [-0.1, -0.05) is 38.1 Å². The van der Waals surface area contributed by atoms with Gasteiger partial charge in [-0.15, -0.1) is 0 Å². The molecule has 44 heavy (non-hydrogen) atoms. The van der Waals surface area contributed by atoms with Gasteiger partial charge in [0.1, 0.15) is 23.6 Å². The van der Waals surface area contributed by atoms with E-state index in [4.69, 9.17) is 15.4 Å². The maximum absolute atomic E-state index is 12.6. The van der Waals surface area contributed by atoms with E-state index in [1.807, 2.05) is 45.0 Å². The van der Waals surface area contributed by atoms with Gasteiger partial charge in [-0.3, -0.25) is 10.2 Å². The molecule has 1 aliphatic heterocycles. The van der Waals surface area contributed by atoms with Crippen molar-refractivity contribution in [1.29, 1.82) is 0 Å². The zero-order chi connectivity index (χ0) is 30.8. The average molecular weight is 597 g/mol. The van der Waals surface area contributed by atoms with Crippen LogP contribution in [-0.4, -0.2) is 80.3 Å². The van der Waals surface area contributed by atoms with Gasteiger partial charge in [0.25, 0.3) is 0 Å². The molecule has 6 rings (SSSR count). The highest BCUT2D eigenvalue weighted by Crippen LogP contribution is 2.33. The number of nitrogens with two attached hydrogens (primary N) is 1. The van der Waals surface area contributed by atoms with E-state index < -0.39 is 6.03 Å². The minimum Gasteiger partial charge on any atom is -0.395 e. The Morgan fingerprint density at radius 3 is 2.34 bits per heavy atom. The largest absolute Gasteiger partial charge is 0.395 e. The van der Waals surface area contributed by atoms with Crippen LogP contribution in [0.15, 0.2) is 65.4 Å². The van der Waals surface area contributed by atoms with Crippen LogP contribution < -0.4 is 21.3 Å². The fourth-order valence-electron chi connectivity index (χ4n) is 5.21. The number of aromatic nitrogens is 5. The lowest BCUT2D eigenvalue weighted by Gasteiger charge is -2.35. The average Bonchev–Trinajstić information content (AvgIpc) is 3.65. The number of aliphatic hydroxyl groups is 1. The van der Waals surface area contributed by atoms with E-state index in [9.17, 15) is 9.90 Å². The van der Waals surface area contributed by atoms with Crippen LogP contribution in [0.3, 0.4) is 0 Å². The minimum absolute atomic E-state index is 0.184. The summed E-state index contributed by atoms with van der Waals surface area (Å²) in [5.74, 6) is 1.36. The molecule has 0 aliphatic carbocycles. The number of β-amino-alcohol motifs (C(OH)–C–C–N with tert-alkyl or cyclic N) is 1. The van der Waals surface area contributed by atoms with E-state index in [0.29, 0.717) is 46.4 Å². The molecule has 2 aromatic carbocycles. The topological polar surface area (TPSA) is 163 Å². The molecule has 1 fully saturated rings. The summed E-state index contributed by atoms with van der Waals surface area (Å²) in [5, 5.41) is 24.2. The van der Waals surface area contributed by atoms with Gasteiger partial charge in [0.05, 0.1) is 17.7 Å². The summed E-state index contributed by atoms with van der Waals surface area (Å²) in [4.78, 5) is 25.9. The van der Waals surface area contributed by atoms with Crippen LogP contribution in [0.2, 0.25) is 0 Å². The molecule has 2 amide bonds. The van der Waals surface area contributed by atoms with E-state index in [0.717, 1.165) is 43.1 Å². The molecule has 1 aliphatic rings. The second-order valence-corrected chi connectivity index (χ2v) is 11.8. The Morgan fingerprint density at radius 2 is 1.68 bits per heavy atom. The second-order valence-electron chi connectivity index (χ2n) is 11.8. The number of piperazine rings is 1. The highest BCUT2D eigenvalue weighted by Gasteiger charge is 2.22. The number of carbonyl (C=O) groups excluding carboxylic acids is 1. The predicted molar refractivity (Wildman–Crippen MR) is 170 cm³/mol. The zero-order valence-corrected chi connectivity index (χ0v) is 25.0. The van der Waals surface area contributed by atoms with E-state index >= 15 is 0 Å². The molecule has 0 spiro atoms. The molecule has 0 radical (unpaired) electrons. The zero-order valence-electron chi connectivity index (χ0n) is 25.0. The van der Waals surface area contributed by atoms with E-state index in [2.05, 4.69) is 47.7 Å². The van der Waals surface area contributed by atoms with Crippen LogP contribution in [-0.2, 0) is 5.41 Å². The van der Waals surface area contributed by atoms with Crippen LogP contribution in [0.5, 0.6) is 0 Å². The third-order valence-electron chi connectivity index (χ3n) is 7.65. The van der Waals surface area contributed by atoms with Crippen molar-refractivity contribution in [1.82, 2.24) is 29.8 Å². The highest BCUT2D eigenvalue weighted by molar-refractivity contribution is 6.00. The molecule has 0 atom stereocenters. The minimum atomic E-state index is -0.436. The lowest BCUT2D eigenvalue weighted by atomic mass is 9.93. The molecule has 13 nitrogen and oxygen atoms in total.